The van der Waals surface area contributed by atoms with E-state index in [0.717, 1.165) is 21.6 Å². The van der Waals surface area contributed by atoms with Gasteiger partial charge in [-0.2, -0.15) is 5.10 Å². The molecule has 0 aliphatic rings. The summed E-state index contributed by atoms with van der Waals surface area (Å²) in [6.45, 7) is 0. The van der Waals surface area contributed by atoms with Crippen LogP contribution in [0.15, 0.2) is 45.4 Å². The summed E-state index contributed by atoms with van der Waals surface area (Å²) in [5, 5.41) is 6.32. The Labute approximate surface area is 123 Å². The third-order valence-corrected chi connectivity index (χ3v) is 3.94. The first kappa shape index (κ1) is 12.2. The van der Waals surface area contributed by atoms with Crippen LogP contribution < -0.4 is 5.73 Å². The number of hydrogen-bond donors (Lipinski definition) is 1. The molecule has 4 aromatic rings. The number of aromatic nitrogens is 5. The topological polar surface area (TPSA) is 95.7 Å². The Bertz CT molecular complexity index is 960. The Morgan fingerprint density at radius 3 is 3.10 bits per heavy atom. The molecule has 8 heteroatoms. The SMILES string of the molecule is Cn1ncc2c(Sc3nc4cc(N)ccc4o3)ncnc21. The number of hydrogen-bond acceptors (Lipinski definition) is 7. The molecule has 0 atom stereocenters. The molecule has 7 nitrogen and oxygen atoms in total. The van der Waals surface area contributed by atoms with Crippen LogP contribution in [0.5, 0.6) is 0 Å². The third kappa shape index (κ3) is 2.00. The molecule has 0 amide bonds. The van der Waals surface area contributed by atoms with Gasteiger partial charge in [-0.15, -0.1) is 0 Å². The Kier molecular flexibility index (Phi) is 2.58. The number of nitrogen functional groups attached to an aromatic ring is 1. The smallest absolute Gasteiger partial charge is 0.263 e. The predicted molar refractivity (Wildman–Crippen MR) is 78.8 cm³/mol. The van der Waals surface area contributed by atoms with Crippen molar-refractivity contribution in [1.82, 2.24) is 24.7 Å². The maximum absolute atomic E-state index is 5.74. The van der Waals surface area contributed by atoms with Gasteiger partial charge in [0.05, 0.1) is 11.6 Å². The first-order chi connectivity index (χ1) is 10.2. The van der Waals surface area contributed by atoms with Crippen LogP contribution in [-0.4, -0.2) is 24.7 Å². The van der Waals surface area contributed by atoms with Crippen LogP contribution >= 0.6 is 11.8 Å². The molecule has 3 heterocycles. The molecule has 0 unspecified atom stereocenters. The van der Waals surface area contributed by atoms with Gasteiger partial charge in [-0.1, -0.05) is 0 Å². The van der Waals surface area contributed by atoms with E-state index >= 15 is 0 Å². The fourth-order valence-electron chi connectivity index (χ4n) is 2.07. The van der Waals surface area contributed by atoms with Gasteiger partial charge in [-0.05, 0) is 30.0 Å². The second-order valence-corrected chi connectivity index (χ2v) is 5.43. The number of nitrogens with two attached hydrogens (primary N) is 1. The second-order valence-electron chi connectivity index (χ2n) is 4.49. The fourth-order valence-corrected chi connectivity index (χ4v) is 2.87. The molecule has 21 heavy (non-hydrogen) atoms. The van der Waals surface area contributed by atoms with Gasteiger partial charge in [0.15, 0.2) is 11.2 Å². The van der Waals surface area contributed by atoms with E-state index in [1.165, 1.54) is 18.1 Å². The van der Waals surface area contributed by atoms with Crippen LogP contribution in [0.3, 0.4) is 0 Å². The predicted octanol–water partition coefficient (Wildman–Crippen LogP) is 2.24. The minimum Gasteiger partial charge on any atom is -0.431 e. The van der Waals surface area contributed by atoms with Gasteiger partial charge in [-0.25, -0.2) is 15.0 Å². The molecule has 3 aromatic heterocycles. The lowest BCUT2D eigenvalue weighted by molar-refractivity contribution is 0.489. The van der Waals surface area contributed by atoms with Crippen LogP contribution in [0, 0.1) is 0 Å². The van der Waals surface area contributed by atoms with Gasteiger partial charge in [0, 0.05) is 12.7 Å². The third-order valence-electron chi connectivity index (χ3n) is 3.07. The minimum absolute atomic E-state index is 0.513. The summed E-state index contributed by atoms with van der Waals surface area (Å²) in [7, 11) is 1.84. The molecule has 4 rings (SSSR count). The standard InChI is InChI=1S/C13H10N6OS/c1-19-11-8(5-17-19)12(16-6-15-11)21-13-18-9-4-7(14)2-3-10(9)20-13/h2-6H,14H2,1H3. The number of fused-ring (bicyclic) bond motifs is 2. The van der Waals surface area contributed by atoms with Crippen LogP contribution in [0.25, 0.3) is 22.1 Å². The maximum atomic E-state index is 5.74. The molecular weight excluding hydrogens is 288 g/mol. The van der Waals surface area contributed by atoms with Crippen molar-refractivity contribution < 1.29 is 4.42 Å². The Hall–Kier alpha value is -2.61. The molecule has 2 N–H and O–H groups in total. The number of aryl methyl sites for hydroxylation is 1. The van der Waals surface area contributed by atoms with Crippen LogP contribution in [0.1, 0.15) is 0 Å². The average molecular weight is 298 g/mol. The summed E-state index contributed by atoms with van der Waals surface area (Å²) >= 11 is 1.34. The molecule has 0 bridgehead atoms. The average Bonchev–Trinajstić information content (AvgIpc) is 3.03. The van der Waals surface area contributed by atoms with E-state index in [2.05, 4.69) is 20.1 Å². The van der Waals surface area contributed by atoms with Crippen molar-refractivity contribution in [3.63, 3.8) is 0 Å². The Balaban J connectivity index is 1.79. The minimum atomic E-state index is 0.513. The van der Waals surface area contributed by atoms with Crippen LogP contribution in [-0.2, 0) is 7.05 Å². The number of benzene rings is 1. The molecular formula is C13H10N6OS. The first-order valence-corrected chi connectivity index (χ1v) is 6.99. The summed E-state index contributed by atoms with van der Waals surface area (Å²) in [6.07, 6.45) is 3.24. The van der Waals surface area contributed by atoms with E-state index in [4.69, 9.17) is 10.2 Å². The second kappa shape index (κ2) is 4.45. The van der Waals surface area contributed by atoms with Crippen molar-refractivity contribution in [2.75, 3.05) is 5.73 Å². The number of anilines is 1. The van der Waals surface area contributed by atoms with E-state index in [1.807, 2.05) is 7.05 Å². The highest BCUT2D eigenvalue weighted by Gasteiger charge is 2.13. The van der Waals surface area contributed by atoms with Gasteiger partial charge >= 0.3 is 0 Å². The van der Waals surface area contributed by atoms with Crippen molar-refractivity contribution in [3.8, 4) is 0 Å². The molecule has 0 spiro atoms. The van der Waals surface area contributed by atoms with E-state index in [1.54, 1.807) is 29.1 Å². The summed E-state index contributed by atoms with van der Waals surface area (Å²) in [5.74, 6) is 0. The molecule has 0 saturated carbocycles. The summed E-state index contributed by atoms with van der Waals surface area (Å²) in [4.78, 5) is 12.9. The highest BCUT2D eigenvalue weighted by atomic mass is 32.2. The lowest BCUT2D eigenvalue weighted by Gasteiger charge is -1.97. The van der Waals surface area contributed by atoms with Crippen LogP contribution in [0.2, 0.25) is 0 Å². The molecule has 104 valence electrons. The molecule has 0 aliphatic carbocycles. The van der Waals surface area contributed by atoms with E-state index in [0.29, 0.717) is 16.5 Å². The zero-order valence-corrected chi connectivity index (χ0v) is 11.8. The van der Waals surface area contributed by atoms with Crippen molar-refractivity contribution in [2.45, 2.75) is 10.2 Å². The van der Waals surface area contributed by atoms with Gasteiger partial charge in [0.25, 0.3) is 5.22 Å². The van der Waals surface area contributed by atoms with Crippen molar-refractivity contribution in [1.29, 1.82) is 0 Å². The molecule has 0 fully saturated rings. The quantitative estimate of drug-likeness (QED) is 0.448. The molecule has 0 aliphatic heterocycles. The highest BCUT2D eigenvalue weighted by Crippen LogP contribution is 2.32. The van der Waals surface area contributed by atoms with Gasteiger partial charge in [0.1, 0.15) is 16.9 Å². The largest absolute Gasteiger partial charge is 0.431 e. The Morgan fingerprint density at radius 2 is 2.19 bits per heavy atom. The highest BCUT2D eigenvalue weighted by molar-refractivity contribution is 7.99. The zero-order valence-electron chi connectivity index (χ0n) is 11.0. The van der Waals surface area contributed by atoms with E-state index in [9.17, 15) is 0 Å². The van der Waals surface area contributed by atoms with Gasteiger partial charge in [-0.3, -0.25) is 4.68 Å². The lowest BCUT2D eigenvalue weighted by atomic mass is 10.3. The summed E-state index contributed by atoms with van der Waals surface area (Å²) < 4.78 is 7.39. The molecule has 1 aromatic carbocycles. The monoisotopic (exact) mass is 298 g/mol. The van der Waals surface area contributed by atoms with Crippen molar-refractivity contribution in [3.05, 3.63) is 30.7 Å². The normalized spacial score (nSPS) is 11.5. The van der Waals surface area contributed by atoms with Gasteiger partial charge in [0.2, 0.25) is 0 Å². The lowest BCUT2D eigenvalue weighted by Crippen LogP contribution is -1.92. The molecule has 0 saturated heterocycles. The number of nitrogens with zero attached hydrogens (tertiary/aromatic N) is 5. The summed E-state index contributed by atoms with van der Waals surface area (Å²) in [6, 6.07) is 5.37. The number of oxazole rings is 1. The maximum Gasteiger partial charge on any atom is 0.263 e. The van der Waals surface area contributed by atoms with E-state index < -0.39 is 0 Å². The first-order valence-electron chi connectivity index (χ1n) is 6.17. The van der Waals surface area contributed by atoms with Crippen molar-refractivity contribution >= 4 is 39.6 Å². The van der Waals surface area contributed by atoms with E-state index in [-0.39, 0.29) is 0 Å². The summed E-state index contributed by atoms with van der Waals surface area (Å²) in [5.41, 5.74) is 8.60. The zero-order chi connectivity index (χ0) is 14.4. The fraction of sp³-hybridized carbons (Fsp3) is 0.0769. The number of rotatable bonds is 2. The van der Waals surface area contributed by atoms with Crippen LogP contribution in [0.4, 0.5) is 5.69 Å². The van der Waals surface area contributed by atoms with Crippen molar-refractivity contribution in [2.24, 2.45) is 7.05 Å². The molecule has 0 radical (unpaired) electrons. The Morgan fingerprint density at radius 1 is 1.29 bits per heavy atom. The van der Waals surface area contributed by atoms with Gasteiger partial charge < -0.3 is 10.2 Å².